The fraction of sp³-hybridized carbons (Fsp3) is 0.200. The molecule has 2 N–H and O–H groups in total. The lowest BCUT2D eigenvalue weighted by molar-refractivity contribution is 0.323. The normalized spacial score (nSPS) is 32.3. The van der Waals surface area contributed by atoms with E-state index in [1.807, 2.05) is 18.2 Å². The third-order valence-corrected chi connectivity index (χ3v) is 2.20. The number of fused-ring (bicyclic) bond motifs is 1. The van der Waals surface area contributed by atoms with Gasteiger partial charge in [-0.25, -0.2) is 0 Å². The van der Waals surface area contributed by atoms with Crippen molar-refractivity contribution in [3.8, 4) is 0 Å². The Morgan fingerprint density at radius 3 is 2.83 bits per heavy atom. The molecule has 2 heteroatoms. The second-order valence-electron chi connectivity index (χ2n) is 3.03. The molecule has 2 aliphatic carbocycles. The fourth-order valence-corrected chi connectivity index (χ4v) is 1.54. The minimum atomic E-state index is -0.0694. The van der Waals surface area contributed by atoms with Gasteiger partial charge in [0.1, 0.15) is 11.5 Å². The van der Waals surface area contributed by atoms with Crippen molar-refractivity contribution in [3.63, 3.8) is 0 Å². The predicted molar refractivity (Wildman–Crippen MR) is 46.7 cm³/mol. The van der Waals surface area contributed by atoms with Gasteiger partial charge >= 0.3 is 0 Å². The molecule has 2 aliphatic rings. The third-order valence-electron chi connectivity index (χ3n) is 2.20. The Hall–Kier alpha value is -1.44. The molecule has 0 radical (unpaired) electrons. The minimum absolute atomic E-state index is 0.0694. The highest BCUT2D eigenvalue weighted by atomic mass is 16.3. The van der Waals surface area contributed by atoms with Crippen LogP contribution in [0.2, 0.25) is 0 Å². The van der Waals surface area contributed by atoms with Gasteiger partial charge in [0.25, 0.3) is 0 Å². The number of hydrogen-bond donors (Lipinski definition) is 2. The summed E-state index contributed by atoms with van der Waals surface area (Å²) in [6.45, 7) is 0. The van der Waals surface area contributed by atoms with Crippen molar-refractivity contribution in [1.82, 2.24) is 0 Å². The van der Waals surface area contributed by atoms with Gasteiger partial charge in [-0.15, -0.1) is 0 Å². The van der Waals surface area contributed by atoms with Crippen molar-refractivity contribution in [2.45, 2.75) is 0 Å². The van der Waals surface area contributed by atoms with Crippen LogP contribution >= 0.6 is 0 Å². The molecule has 0 amide bonds. The number of hydrogen-bond acceptors (Lipinski definition) is 2. The highest BCUT2D eigenvalue weighted by Gasteiger charge is 2.23. The van der Waals surface area contributed by atoms with Gasteiger partial charge in [0.05, 0.1) is 0 Å². The second kappa shape index (κ2) is 2.55. The van der Waals surface area contributed by atoms with Crippen molar-refractivity contribution in [3.05, 3.63) is 48.0 Å². The van der Waals surface area contributed by atoms with Crippen LogP contribution in [0.1, 0.15) is 0 Å². The van der Waals surface area contributed by atoms with E-state index in [4.69, 9.17) is 0 Å². The lowest BCUT2D eigenvalue weighted by atomic mass is 9.83. The zero-order valence-corrected chi connectivity index (χ0v) is 6.51. The van der Waals surface area contributed by atoms with Crippen molar-refractivity contribution in [2.75, 3.05) is 0 Å². The van der Waals surface area contributed by atoms with Crippen LogP contribution in [-0.2, 0) is 0 Å². The summed E-state index contributed by atoms with van der Waals surface area (Å²) in [7, 11) is 0. The molecular weight excluding hydrogens is 152 g/mol. The maximum Gasteiger partial charge on any atom is 0.112 e. The van der Waals surface area contributed by atoms with Crippen molar-refractivity contribution < 1.29 is 10.2 Å². The standard InChI is InChI=1S/C10H10O2/c11-8-5-4-7-2-1-3-10(12)9(7)6-8/h1-7,9,11-12H. The summed E-state index contributed by atoms with van der Waals surface area (Å²) in [5.74, 6) is 0.677. The summed E-state index contributed by atoms with van der Waals surface area (Å²) in [6, 6.07) is 0. The molecule has 0 spiro atoms. The quantitative estimate of drug-likeness (QED) is 0.573. The van der Waals surface area contributed by atoms with Crippen molar-refractivity contribution in [2.24, 2.45) is 11.8 Å². The van der Waals surface area contributed by atoms with Gasteiger partial charge in [-0.3, -0.25) is 0 Å². The summed E-state index contributed by atoms with van der Waals surface area (Å²) < 4.78 is 0. The Morgan fingerprint density at radius 2 is 2.00 bits per heavy atom. The van der Waals surface area contributed by atoms with E-state index in [1.165, 1.54) is 0 Å². The van der Waals surface area contributed by atoms with E-state index in [-0.39, 0.29) is 17.6 Å². The largest absolute Gasteiger partial charge is 0.512 e. The first-order valence-electron chi connectivity index (χ1n) is 3.94. The van der Waals surface area contributed by atoms with Gasteiger partial charge in [-0.05, 0) is 18.2 Å². The van der Waals surface area contributed by atoms with Gasteiger partial charge in [-0.1, -0.05) is 18.2 Å². The van der Waals surface area contributed by atoms with Gasteiger partial charge < -0.3 is 10.2 Å². The molecule has 0 aromatic rings. The third kappa shape index (κ3) is 1.05. The van der Waals surface area contributed by atoms with Crippen molar-refractivity contribution in [1.29, 1.82) is 0 Å². The van der Waals surface area contributed by atoms with Crippen LogP contribution < -0.4 is 0 Å². The highest BCUT2D eigenvalue weighted by molar-refractivity contribution is 5.32. The van der Waals surface area contributed by atoms with E-state index < -0.39 is 0 Å². The molecule has 0 saturated carbocycles. The van der Waals surface area contributed by atoms with Crippen LogP contribution in [0.3, 0.4) is 0 Å². The lowest BCUT2D eigenvalue weighted by Crippen LogP contribution is -2.16. The zero-order chi connectivity index (χ0) is 8.55. The molecule has 0 heterocycles. The van der Waals surface area contributed by atoms with Gasteiger partial charge in [0.2, 0.25) is 0 Å². The van der Waals surface area contributed by atoms with E-state index in [9.17, 15) is 10.2 Å². The molecule has 12 heavy (non-hydrogen) atoms. The Labute approximate surface area is 70.8 Å². The van der Waals surface area contributed by atoms with E-state index in [0.717, 1.165) is 0 Å². The van der Waals surface area contributed by atoms with Crippen LogP contribution in [-0.4, -0.2) is 10.2 Å². The van der Waals surface area contributed by atoms with Crippen LogP contribution in [0.25, 0.3) is 0 Å². The Bertz CT molecular complexity index is 308. The van der Waals surface area contributed by atoms with Crippen molar-refractivity contribution >= 4 is 0 Å². The zero-order valence-electron chi connectivity index (χ0n) is 6.51. The molecule has 2 nitrogen and oxygen atoms in total. The first kappa shape index (κ1) is 7.22. The molecule has 2 rings (SSSR count). The molecule has 2 unspecified atom stereocenters. The summed E-state index contributed by atoms with van der Waals surface area (Å²) in [6.07, 6.45) is 10.7. The molecule has 0 aromatic carbocycles. The van der Waals surface area contributed by atoms with Gasteiger partial charge in [0.15, 0.2) is 0 Å². The fourth-order valence-electron chi connectivity index (χ4n) is 1.54. The Kier molecular flexibility index (Phi) is 1.54. The number of allylic oxidation sites excluding steroid dienone is 6. The Balaban J connectivity index is 2.34. The first-order valence-corrected chi connectivity index (χ1v) is 3.94. The average Bonchev–Trinajstić information content (AvgIpc) is 2.07. The predicted octanol–water partition coefficient (Wildman–Crippen LogP) is 2.24. The van der Waals surface area contributed by atoms with Gasteiger partial charge in [-0.2, -0.15) is 0 Å². The molecule has 0 aromatic heterocycles. The summed E-state index contributed by atoms with van der Waals surface area (Å²) >= 11 is 0. The molecule has 0 aliphatic heterocycles. The van der Waals surface area contributed by atoms with Crippen LogP contribution in [0.15, 0.2) is 48.0 Å². The average molecular weight is 162 g/mol. The maximum atomic E-state index is 9.44. The molecule has 0 saturated heterocycles. The van der Waals surface area contributed by atoms with Crippen LogP contribution in [0.5, 0.6) is 0 Å². The Morgan fingerprint density at radius 1 is 1.17 bits per heavy atom. The molecule has 0 bridgehead atoms. The smallest absolute Gasteiger partial charge is 0.112 e. The molecule has 2 atom stereocenters. The lowest BCUT2D eigenvalue weighted by Gasteiger charge is -2.23. The monoisotopic (exact) mass is 162 g/mol. The first-order chi connectivity index (χ1) is 5.77. The van der Waals surface area contributed by atoms with Crippen LogP contribution in [0, 0.1) is 11.8 Å². The topological polar surface area (TPSA) is 40.5 Å². The summed E-state index contributed by atoms with van der Waals surface area (Å²) in [4.78, 5) is 0. The van der Waals surface area contributed by atoms with Gasteiger partial charge in [0, 0.05) is 11.8 Å². The SMILES string of the molecule is OC1=CC2C(O)=CC=CC2C=C1. The summed E-state index contributed by atoms with van der Waals surface area (Å²) in [5, 5.41) is 18.6. The number of rotatable bonds is 0. The molecule has 0 fully saturated rings. The number of aliphatic hydroxyl groups is 2. The number of aliphatic hydroxyl groups excluding tert-OH is 2. The summed E-state index contributed by atoms with van der Waals surface area (Å²) in [5.41, 5.74) is 0. The highest BCUT2D eigenvalue weighted by Crippen LogP contribution is 2.30. The minimum Gasteiger partial charge on any atom is -0.512 e. The van der Waals surface area contributed by atoms with E-state index >= 15 is 0 Å². The van der Waals surface area contributed by atoms with E-state index in [1.54, 1.807) is 18.2 Å². The molecule has 62 valence electrons. The van der Waals surface area contributed by atoms with E-state index in [2.05, 4.69) is 0 Å². The molecular formula is C10H10O2. The van der Waals surface area contributed by atoms with Crippen LogP contribution in [0.4, 0.5) is 0 Å². The van der Waals surface area contributed by atoms with E-state index in [0.29, 0.717) is 5.76 Å². The maximum absolute atomic E-state index is 9.44. The second-order valence-corrected chi connectivity index (χ2v) is 3.03.